The molecule has 0 bridgehead atoms. The molecule has 4 amide bonds. The van der Waals surface area contributed by atoms with Crippen LogP contribution in [0.1, 0.15) is 158 Å². The third-order valence-electron chi connectivity index (χ3n) is 11.7. The van der Waals surface area contributed by atoms with Crippen LogP contribution in [0.3, 0.4) is 0 Å². The van der Waals surface area contributed by atoms with Gasteiger partial charge in [0.1, 0.15) is 22.6 Å². The van der Waals surface area contributed by atoms with Gasteiger partial charge in [-0.3, -0.25) is 19.2 Å². The Balaban J connectivity index is 1.67. The lowest BCUT2D eigenvalue weighted by Crippen LogP contribution is -2.42. The third-order valence-corrected chi connectivity index (χ3v) is 16.9. The van der Waals surface area contributed by atoms with E-state index in [1.807, 2.05) is 0 Å². The Hall–Kier alpha value is -2.42. The van der Waals surface area contributed by atoms with E-state index in [0.717, 1.165) is 122 Å². The van der Waals surface area contributed by atoms with E-state index < -0.39 is 0 Å². The Morgan fingerprint density at radius 3 is 0.917 bits per heavy atom. The Labute approximate surface area is 377 Å². The van der Waals surface area contributed by atoms with Gasteiger partial charge in [-0.25, -0.2) is 20.0 Å². The van der Waals surface area contributed by atoms with E-state index in [-0.39, 0.29) is 34.8 Å². The van der Waals surface area contributed by atoms with Crippen molar-refractivity contribution in [3.8, 4) is 11.5 Å². The summed E-state index contributed by atoms with van der Waals surface area (Å²) in [6.45, 7) is 20.2. The summed E-state index contributed by atoms with van der Waals surface area (Å²) in [6, 6.07) is 0. The number of amides is 4. The van der Waals surface area contributed by atoms with Crippen molar-refractivity contribution < 1.29 is 28.7 Å². The van der Waals surface area contributed by atoms with Gasteiger partial charge in [0, 0.05) is 26.2 Å². The Morgan fingerprint density at radius 2 is 0.683 bits per heavy atom. The quantitative estimate of drug-likeness (QED) is 0.0660. The minimum Gasteiger partial charge on any atom is -0.491 e. The lowest BCUT2D eigenvalue weighted by molar-refractivity contribution is -0.147. The van der Waals surface area contributed by atoms with Gasteiger partial charge >= 0.3 is 0 Å². The standard InChI is InChI=1S/C46H70N4O6S4/c1-9-17-23-31(15-7)29-55-35-37-39(59-45(57-37)33-41(51)47(25-19-11-3)48(42(33)52)26-20-12-4)36(56-30-32(16-8)24-18-10-2)40-38(35)58-46(60-40)34-43(53)49(27-21-13-5)50(44(34)54)28-22-14-6/h31-32H,9-30H2,1-8H3. The van der Waals surface area contributed by atoms with E-state index in [0.29, 0.717) is 71.2 Å². The zero-order valence-corrected chi connectivity index (χ0v) is 40.8. The van der Waals surface area contributed by atoms with Crippen LogP contribution in [-0.2, 0) is 19.2 Å². The molecule has 2 saturated heterocycles. The fourth-order valence-corrected chi connectivity index (χ4v) is 13.2. The zero-order chi connectivity index (χ0) is 43.3. The monoisotopic (exact) mass is 902 g/mol. The maximum atomic E-state index is 14.3. The highest BCUT2D eigenvalue weighted by atomic mass is 32.2. The van der Waals surface area contributed by atoms with Gasteiger partial charge in [-0.15, -0.1) is 0 Å². The van der Waals surface area contributed by atoms with Gasteiger partial charge in [0.25, 0.3) is 23.6 Å². The van der Waals surface area contributed by atoms with E-state index in [1.54, 1.807) is 20.0 Å². The smallest absolute Gasteiger partial charge is 0.279 e. The van der Waals surface area contributed by atoms with Gasteiger partial charge in [-0.2, -0.15) is 0 Å². The first-order chi connectivity index (χ1) is 29.1. The number of thioether (sulfide) groups is 4. The predicted molar refractivity (Wildman–Crippen MR) is 248 cm³/mol. The Bertz CT molecular complexity index is 1550. The molecule has 0 N–H and O–H groups in total. The summed E-state index contributed by atoms with van der Waals surface area (Å²) < 4.78 is 15.3. The lowest BCUT2D eigenvalue weighted by atomic mass is 10.0. The normalized spacial score (nSPS) is 17.6. The summed E-state index contributed by atoms with van der Waals surface area (Å²) >= 11 is 5.75. The number of rotatable bonds is 26. The van der Waals surface area contributed by atoms with Gasteiger partial charge in [-0.05, 0) is 50.4 Å². The highest BCUT2D eigenvalue weighted by Crippen LogP contribution is 2.69. The molecule has 14 heteroatoms. The van der Waals surface area contributed by atoms with E-state index in [4.69, 9.17) is 9.47 Å². The van der Waals surface area contributed by atoms with Crippen LogP contribution in [0.25, 0.3) is 0 Å². The van der Waals surface area contributed by atoms with Crippen molar-refractivity contribution in [2.24, 2.45) is 11.8 Å². The highest BCUT2D eigenvalue weighted by Gasteiger charge is 2.48. The number of benzene rings is 1. The van der Waals surface area contributed by atoms with Crippen molar-refractivity contribution in [1.29, 1.82) is 0 Å². The molecule has 4 aliphatic rings. The molecule has 0 saturated carbocycles. The Morgan fingerprint density at radius 1 is 0.417 bits per heavy atom. The number of ether oxygens (including phenoxy) is 2. The fraction of sp³-hybridized carbons (Fsp3) is 0.696. The molecule has 2 fully saturated rings. The van der Waals surface area contributed by atoms with Gasteiger partial charge < -0.3 is 9.47 Å². The second-order valence-corrected chi connectivity index (χ2v) is 20.9. The van der Waals surface area contributed by atoms with Crippen molar-refractivity contribution in [1.82, 2.24) is 20.0 Å². The molecule has 4 heterocycles. The summed E-state index contributed by atoms with van der Waals surface area (Å²) in [5, 5.41) is 6.65. The molecular weight excluding hydrogens is 833 g/mol. The number of hydrogen-bond acceptors (Lipinski definition) is 10. The predicted octanol–water partition coefficient (Wildman–Crippen LogP) is 12.1. The van der Waals surface area contributed by atoms with Gasteiger partial charge in [0.15, 0.2) is 0 Å². The third kappa shape index (κ3) is 10.8. The Kier molecular flexibility index (Phi) is 19.3. The van der Waals surface area contributed by atoms with Gasteiger partial charge in [0.2, 0.25) is 0 Å². The number of hydrazine groups is 2. The number of carbonyl (C=O) groups is 4. The second kappa shape index (κ2) is 23.9. The molecule has 2 atom stereocenters. The molecule has 0 radical (unpaired) electrons. The molecule has 2 unspecified atom stereocenters. The second-order valence-electron chi connectivity index (χ2n) is 16.3. The molecule has 1 aromatic rings. The van der Waals surface area contributed by atoms with Crippen LogP contribution in [0.2, 0.25) is 0 Å². The van der Waals surface area contributed by atoms with E-state index in [2.05, 4.69) is 55.4 Å². The molecule has 0 spiro atoms. The summed E-state index contributed by atoms with van der Waals surface area (Å²) in [4.78, 5) is 60.5. The minimum atomic E-state index is -0.240. The van der Waals surface area contributed by atoms with Crippen molar-refractivity contribution >= 4 is 70.7 Å². The summed E-state index contributed by atoms with van der Waals surface area (Å²) in [7, 11) is 0. The van der Waals surface area contributed by atoms with Crippen molar-refractivity contribution in [2.75, 3.05) is 39.4 Å². The molecule has 60 heavy (non-hydrogen) atoms. The minimum absolute atomic E-state index is 0.221. The largest absolute Gasteiger partial charge is 0.491 e. The van der Waals surface area contributed by atoms with Gasteiger partial charge in [0.05, 0.1) is 41.3 Å². The van der Waals surface area contributed by atoms with Crippen molar-refractivity contribution in [2.45, 2.75) is 178 Å². The van der Waals surface area contributed by atoms with Crippen LogP contribution in [0, 0.1) is 11.8 Å². The summed E-state index contributed by atoms with van der Waals surface area (Å²) in [5.41, 5.74) is 0.442. The number of fused-ring (bicyclic) bond motifs is 2. The molecule has 334 valence electrons. The van der Waals surface area contributed by atoms with E-state index in [1.165, 1.54) is 47.0 Å². The zero-order valence-electron chi connectivity index (χ0n) is 37.6. The SMILES string of the molecule is CCCCC(CC)COc1c2c(c(OCC(CC)CCCC)c3c1SC(=C1C(=O)N(CCCC)N(CCCC)C1=O)S3)SC(=C1C(=O)N(CCCC)N(CCCC)C1=O)S2. The molecule has 10 nitrogen and oxygen atoms in total. The number of unbranched alkanes of at least 4 members (excludes halogenated alkanes) is 6. The molecular formula is C46H70N4O6S4. The van der Waals surface area contributed by atoms with Crippen LogP contribution in [0.15, 0.2) is 39.2 Å². The maximum Gasteiger partial charge on any atom is 0.279 e. The molecule has 4 aliphatic heterocycles. The number of hydrogen-bond donors (Lipinski definition) is 0. The van der Waals surface area contributed by atoms with Crippen LogP contribution in [0.5, 0.6) is 11.5 Å². The average molecular weight is 903 g/mol. The first-order valence-corrected chi connectivity index (χ1v) is 26.4. The summed E-state index contributed by atoms with van der Waals surface area (Å²) in [6.07, 6.45) is 15.4. The molecule has 0 aromatic heterocycles. The van der Waals surface area contributed by atoms with E-state index in [9.17, 15) is 19.2 Å². The van der Waals surface area contributed by atoms with Crippen LogP contribution >= 0.6 is 47.0 Å². The average Bonchev–Trinajstić information content (AvgIpc) is 3.99. The van der Waals surface area contributed by atoms with E-state index >= 15 is 0 Å². The lowest BCUT2D eigenvalue weighted by Gasteiger charge is -2.27. The van der Waals surface area contributed by atoms with Crippen molar-refractivity contribution in [3.63, 3.8) is 0 Å². The topological polar surface area (TPSA) is 99.7 Å². The van der Waals surface area contributed by atoms with Crippen LogP contribution in [0.4, 0.5) is 0 Å². The number of nitrogens with zero attached hydrogens (tertiary/aromatic N) is 4. The van der Waals surface area contributed by atoms with Crippen molar-refractivity contribution in [3.05, 3.63) is 19.6 Å². The fourth-order valence-electron chi connectivity index (χ4n) is 7.67. The first kappa shape index (κ1) is 48.6. The summed E-state index contributed by atoms with van der Waals surface area (Å²) in [5.74, 6) is 1.11. The number of carbonyl (C=O) groups excluding carboxylic acids is 4. The molecule has 0 aliphatic carbocycles. The maximum absolute atomic E-state index is 14.3. The van der Waals surface area contributed by atoms with Crippen LogP contribution in [-0.4, -0.2) is 83.1 Å². The molecule has 1 aromatic carbocycles. The molecule has 5 rings (SSSR count). The highest BCUT2D eigenvalue weighted by molar-refractivity contribution is 8.26. The van der Waals surface area contributed by atoms with Crippen LogP contribution < -0.4 is 9.47 Å². The first-order valence-electron chi connectivity index (χ1n) is 23.1. The van der Waals surface area contributed by atoms with Gasteiger partial charge in [-0.1, -0.05) is 167 Å².